The number of nitrogens with one attached hydrogen (secondary N) is 2. The van der Waals surface area contributed by atoms with Crippen LogP contribution in [0.5, 0.6) is 0 Å². The summed E-state index contributed by atoms with van der Waals surface area (Å²) in [5.74, 6) is 4.91. The third-order valence-electron chi connectivity index (χ3n) is 3.09. The van der Waals surface area contributed by atoms with Gasteiger partial charge in [-0.3, -0.25) is 5.43 Å². The highest BCUT2D eigenvalue weighted by atomic mass is 19.4. The van der Waals surface area contributed by atoms with Gasteiger partial charge in [0.15, 0.2) is 5.69 Å². The summed E-state index contributed by atoms with van der Waals surface area (Å²) in [5, 5.41) is 2.86. The zero-order valence-corrected chi connectivity index (χ0v) is 11.0. The molecule has 1 saturated carbocycles. The zero-order chi connectivity index (χ0) is 14.8. The van der Waals surface area contributed by atoms with E-state index in [1.807, 2.05) is 12.5 Å². The Labute approximate surface area is 114 Å². The summed E-state index contributed by atoms with van der Waals surface area (Å²) < 4.78 is 38.0. The molecule has 0 amide bonds. The van der Waals surface area contributed by atoms with Crippen molar-refractivity contribution in [2.75, 3.05) is 30.9 Å². The normalized spacial score (nSPS) is 15.5. The van der Waals surface area contributed by atoms with Crippen LogP contribution in [0.2, 0.25) is 0 Å². The van der Waals surface area contributed by atoms with E-state index in [0.29, 0.717) is 12.6 Å². The quantitative estimate of drug-likeness (QED) is 0.541. The van der Waals surface area contributed by atoms with Crippen molar-refractivity contribution in [3.8, 4) is 0 Å². The minimum absolute atomic E-state index is 0.101. The molecule has 1 aliphatic carbocycles. The standard InChI is InChI=1S/C11H17F3N6/c1-20(7-2-3-7)5-4-16-9-6-8(11(12,13)14)17-10(18-9)19-15/h6-7H,2-5,15H2,1H3,(H2,16,17,18,19). The van der Waals surface area contributed by atoms with Gasteiger partial charge in [-0.2, -0.15) is 18.2 Å². The lowest BCUT2D eigenvalue weighted by Gasteiger charge is -2.16. The van der Waals surface area contributed by atoms with Gasteiger partial charge in [-0.05, 0) is 19.9 Å². The summed E-state index contributed by atoms with van der Waals surface area (Å²) in [6.07, 6.45) is -2.16. The van der Waals surface area contributed by atoms with E-state index in [9.17, 15) is 13.2 Å². The number of anilines is 2. The van der Waals surface area contributed by atoms with Gasteiger partial charge in [0.05, 0.1) is 0 Å². The number of hydrazine groups is 1. The van der Waals surface area contributed by atoms with Gasteiger partial charge in [-0.1, -0.05) is 0 Å². The number of nitrogen functional groups attached to an aromatic ring is 1. The molecule has 0 saturated heterocycles. The van der Waals surface area contributed by atoms with Crippen LogP contribution < -0.4 is 16.6 Å². The lowest BCUT2D eigenvalue weighted by Crippen LogP contribution is -2.27. The Hall–Kier alpha value is -1.61. The van der Waals surface area contributed by atoms with Crippen molar-refractivity contribution in [1.29, 1.82) is 0 Å². The summed E-state index contributed by atoms with van der Waals surface area (Å²) in [6, 6.07) is 1.48. The number of hydrogen-bond acceptors (Lipinski definition) is 6. The van der Waals surface area contributed by atoms with E-state index in [-0.39, 0.29) is 11.8 Å². The number of hydrogen-bond donors (Lipinski definition) is 3. The first-order valence-corrected chi connectivity index (χ1v) is 6.27. The van der Waals surface area contributed by atoms with Crippen LogP contribution in [0, 0.1) is 0 Å². The second-order valence-corrected chi connectivity index (χ2v) is 4.74. The Kier molecular flexibility index (Phi) is 4.29. The van der Waals surface area contributed by atoms with Crippen LogP contribution in [0.25, 0.3) is 0 Å². The molecule has 9 heteroatoms. The van der Waals surface area contributed by atoms with Crippen molar-refractivity contribution in [2.45, 2.75) is 25.1 Å². The van der Waals surface area contributed by atoms with Crippen LogP contribution in [0.15, 0.2) is 6.07 Å². The van der Waals surface area contributed by atoms with Crippen LogP contribution in [-0.4, -0.2) is 41.0 Å². The number of aromatic nitrogens is 2. The maximum atomic E-state index is 12.7. The largest absolute Gasteiger partial charge is 0.433 e. The van der Waals surface area contributed by atoms with Gasteiger partial charge in [0.1, 0.15) is 5.82 Å². The van der Waals surface area contributed by atoms with E-state index in [4.69, 9.17) is 5.84 Å². The summed E-state index contributed by atoms with van der Waals surface area (Å²) in [5.41, 5.74) is 1.01. The van der Waals surface area contributed by atoms with Crippen molar-refractivity contribution in [3.63, 3.8) is 0 Å². The number of likely N-dealkylation sites (N-methyl/N-ethyl adjacent to an activating group) is 1. The lowest BCUT2D eigenvalue weighted by molar-refractivity contribution is -0.141. The maximum absolute atomic E-state index is 12.7. The van der Waals surface area contributed by atoms with E-state index < -0.39 is 11.9 Å². The fraction of sp³-hybridized carbons (Fsp3) is 0.636. The molecule has 0 radical (unpaired) electrons. The summed E-state index contributed by atoms with van der Waals surface area (Å²) in [4.78, 5) is 9.30. The summed E-state index contributed by atoms with van der Waals surface area (Å²) in [6.45, 7) is 1.24. The Morgan fingerprint density at radius 3 is 2.65 bits per heavy atom. The Balaban J connectivity index is 1.98. The highest BCUT2D eigenvalue weighted by molar-refractivity contribution is 5.42. The van der Waals surface area contributed by atoms with Crippen LogP contribution in [-0.2, 0) is 6.18 Å². The van der Waals surface area contributed by atoms with E-state index in [0.717, 1.165) is 12.6 Å². The van der Waals surface area contributed by atoms with Crippen LogP contribution in [0.1, 0.15) is 18.5 Å². The highest BCUT2D eigenvalue weighted by Crippen LogP contribution is 2.29. The van der Waals surface area contributed by atoms with Crippen molar-refractivity contribution in [3.05, 3.63) is 11.8 Å². The second kappa shape index (κ2) is 5.80. The molecule has 1 aromatic heterocycles. The number of rotatable bonds is 6. The number of halogens is 3. The van der Waals surface area contributed by atoms with Gasteiger partial charge in [0.2, 0.25) is 5.95 Å². The van der Waals surface area contributed by atoms with E-state index in [2.05, 4.69) is 20.2 Å². The van der Waals surface area contributed by atoms with Crippen LogP contribution in [0.4, 0.5) is 24.9 Å². The number of nitrogens with two attached hydrogens (primary N) is 1. The van der Waals surface area contributed by atoms with Gasteiger partial charge >= 0.3 is 6.18 Å². The first-order chi connectivity index (χ1) is 9.40. The summed E-state index contributed by atoms with van der Waals surface area (Å²) in [7, 11) is 1.99. The van der Waals surface area contributed by atoms with Crippen molar-refractivity contribution in [1.82, 2.24) is 14.9 Å². The van der Waals surface area contributed by atoms with Gasteiger partial charge in [-0.25, -0.2) is 10.8 Å². The predicted octanol–water partition coefficient (Wildman–Crippen LogP) is 1.29. The average Bonchev–Trinajstić information content (AvgIpc) is 3.21. The molecule has 0 bridgehead atoms. The van der Waals surface area contributed by atoms with Gasteiger partial charge in [0.25, 0.3) is 0 Å². The molecule has 0 aliphatic heterocycles. The lowest BCUT2D eigenvalue weighted by atomic mass is 10.3. The third-order valence-corrected chi connectivity index (χ3v) is 3.09. The number of alkyl halides is 3. The van der Waals surface area contributed by atoms with Crippen LogP contribution >= 0.6 is 0 Å². The SMILES string of the molecule is CN(CCNc1cc(C(F)(F)F)nc(NN)n1)C1CC1. The van der Waals surface area contributed by atoms with Crippen LogP contribution in [0.3, 0.4) is 0 Å². The molecule has 1 fully saturated rings. The third kappa shape index (κ3) is 3.94. The molecule has 6 nitrogen and oxygen atoms in total. The fourth-order valence-electron chi connectivity index (χ4n) is 1.81. The minimum Gasteiger partial charge on any atom is -0.369 e. The second-order valence-electron chi connectivity index (χ2n) is 4.74. The molecule has 20 heavy (non-hydrogen) atoms. The first-order valence-electron chi connectivity index (χ1n) is 6.27. The Morgan fingerprint density at radius 1 is 1.40 bits per heavy atom. The Bertz CT molecular complexity index is 460. The van der Waals surface area contributed by atoms with E-state index >= 15 is 0 Å². The van der Waals surface area contributed by atoms with Crippen molar-refractivity contribution in [2.24, 2.45) is 5.84 Å². The monoisotopic (exact) mass is 290 g/mol. The predicted molar refractivity (Wildman–Crippen MR) is 69.0 cm³/mol. The molecule has 1 aromatic rings. The highest BCUT2D eigenvalue weighted by Gasteiger charge is 2.33. The van der Waals surface area contributed by atoms with Crippen molar-refractivity contribution >= 4 is 11.8 Å². The molecule has 112 valence electrons. The van der Waals surface area contributed by atoms with Gasteiger partial charge in [0, 0.05) is 25.2 Å². The molecule has 1 aliphatic rings. The zero-order valence-electron chi connectivity index (χ0n) is 11.0. The minimum atomic E-state index is -4.53. The summed E-state index contributed by atoms with van der Waals surface area (Å²) >= 11 is 0. The molecule has 0 unspecified atom stereocenters. The smallest absolute Gasteiger partial charge is 0.369 e. The van der Waals surface area contributed by atoms with Gasteiger partial charge < -0.3 is 10.2 Å². The molecule has 1 heterocycles. The molecule has 0 atom stereocenters. The van der Waals surface area contributed by atoms with E-state index in [1.54, 1.807) is 0 Å². The molecule has 2 rings (SSSR count). The molecule has 0 spiro atoms. The van der Waals surface area contributed by atoms with E-state index in [1.165, 1.54) is 12.8 Å². The maximum Gasteiger partial charge on any atom is 0.433 e. The molecular formula is C11H17F3N6. The Morgan fingerprint density at radius 2 is 2.10 bits per heavy atom. The fourth-order valence-corrected chi connectivity index (χ4v) is 1.81. The number of nitrogens with zero attached hydrogens (tertiary/aromatic N) is 3. The van der Waals surface area contributed by atoms with Crippen molar-refractivity contribution < 1.29 is 13.2 Å². The topological polar surface area (TPSA) is 79.1 Å². The molecule has 0 aromatic carbocycles. The molecule has 4 N–H and O–H groups in total. The average molecular weight is 290 g/mol. The molecular weight excluding hydrogens is 273 g/mol. The van der Waals surface area contributed by atoms with Gasteiger partial charge in [-0.15, -0.1) is 0 Å². The first kappa shape index (κ1) is 14.8.